The fourth-order valence-corrected chi connectivity index (χ4v) is 4.63. The van der Waals surface area contributed by atoms with Gasteiger partial charge in [-0.15, -0.1) is 0 Å². The molecule has 0 aromatic carbocycles. The van der Waals surface area contributed by atoms with E-state index in [-0.39, 0.29) is 0 Å². The molecule has 0 aromatic heterocycles. The molecule has 7 nitrogen and oxygen atoms in total. The molecule has 0 aliphatic rings. The van der Waals surface area contributed by atoms with Crippen LogP contribution in [0.1, 0.15) is 27.7 Å². The average molecular weight is 359 g/mol. The number of rotatable bonds is 6. The third kappa shape index (κ3) is 11.0. The summed E-state index contributed by atoms with van der Waals surface area (Å²) >= 11 is -2.48. The molecule has 21 heavy (non-hydrogen) atoms. The molecule has 0 amide bonds. The lowest BCUT2D eigenvalue weighted by Crippen LogP contribution is -2.35. The van der Waals surface area contributed by atoms with E-state index in [1.165, 1.54) is 27.7 Å². The van der Waals surface area contributed by atoms with E-state index in [0.29, 0.717) is 0 Å². The van der Waals surface area contributed by atoms with E-state index < -0.39 is 41.3 Å². The lowest BCUT2D eigenvalue weighted by Gasteiger charge is -2.23. The van der Waals surface area contributed by atoms with Crippen molar-refractivity contribution >= 4 is 30.1 Å². The van der Waals surface area contributed by atoms with Gasteiger partial charge < -0.3 is 0 Å². The quantitative estimate of drug-likeness (QED) is 0.439. The summed E-state index contributed by atoms with van der Waals surface area (Å²) in [7, 11) is -6.51. The lowest BCUT2D eigenvalue weighted by molar-refractivity contribution is 0.152. The normalized spacial score (nSPS) is 15.2. The highest BCUT2D eigenvalue weighted by atomic mass is 32.3. The van der Waals surface area contributed by atoms with Crippen molar-refractivity contribution in [1.82, 2.24) is 0 Å². The van der Waals surface area contributed by atoms with Crippen LogP contribution in [0.5, 0.6) is 0 Å². The van der Waals surface area contributed by atoms with Crippen LogP contribution in [0.2, 0.25) is 19.6 Å². The molecule has 1 unspecified atom stereocenters. The first-order valence-electron chi connectivity index (χ1n) is 6.04. The van der Waals surface area contributed by atoms with Crippen LogP contribution >= 0.6 is 0 Å². The summed E-state index contributed by atoms with van der Waals surface area (Å²) in [5, 5.41) is 0. The second-order valence-corrected chi connectivity index (χ2v) is 12.7. The lowest BCUT2D eigenvalue weighted by atomic mass is 10.1. The smallest absolute Gasteiger partial charge is 0.294 e. The Labute approximate surface area is 130 Å². The predicted octanol–water partition coefficient (Wildman–Crippen LogP) is 1.81. The molecule has 0 spiro atoms. The van der Waals surface area contributed by atoms with E-state index in [1.807, 2.05) is 0 Å². The molecule has 0 fully saturated rings. The first-order valence-corrected chi connectivity index (χ1v) is 11.8. The third-order valence-corrected chi connectivity index (χ3v) is 5.60. The standard InChI is InChI=1S/C11H22O7S2Si/c1-10(2,16-19(12)13)8-9-11(3,4)17-20(14,15)18-21(5,6)7/h1-7H3,(H,12,13). The molecule has 124 valence electrons. The van der Waals surface area contributed by atoms with Gasteiger partial charge in [0.15, 0.2) is 0 Å². The molecule has 0 aliphatic carbocycles. The zero-order chi connectivity index (χ0) is 17.1. The predicted molar refractivity (Wildman–Crippen MR) is 82.2 cm³/mol. The molecular formula is C11H22O7S2Si. The molecule has 10 heteroatoms. The molecule has 0 saturated heterocycles. The van der Waals surface area contributed by atoms with Gasteiger partial charge in [0.1, 0.15) is 11.2 Å². The second kappa shape index (κ2) is 6.87. The maximum Gasteiger partial charge on any atom is 0.391 e. The Morgan fingerprint density at radius 1 is 1.05 bits per heavy atom. The summed E-state index contributed by atoms with van der Waals surface area (Å²) in [6.45, 7) is 10.9. The van der Waals surface area contributed by atoms with E-state index in [1.54, 1.807) is 19.6 Å². The van der Waals surface area contributed by atoms with E-state index in [9.17, 15) is 12.6 Å². The van der Waals surface area contributed by atoms with Crippen LogP contribution in [0, 0.1) is 11.8 Å². The van der Waals surface area contributed by atoms with Crippen LogP contribution in [0.15, 0.2) is 0 Å². The molecule has 0 heterocycles. The van der Waals surface area contributed by atoms with E-state index in [2.05, 4.69) is 16.0 Å². The first kappa shape index (κ1) is 20.7. The van der Waals surface area contributed by atoms with Crippen LogP contribution in [-0.4, -0.2) is 36.7 Å². The monoisotopic (exact) mass is 358 g/mol. The minimum atomic E-state index is -4.18. The average Bonchev–Trinajstić information content (AvgIpc) is 2.06. The fourth-order valence-electron chi connectivity index (χ4n) is 1.10. The summed E-state index contributed by atoms with van der Waals surface area (Å²) < 4.78 is 57.4. The zero-order valence-electron chi connectivity index (χ0n) is 13.2. The maximum atomic E-state index is 11.8. The number of hydrogen-bond acceptors (Lipinski definition) is 6. The molecule has 0 saturated carbocycles. The van der Waals surface area contributed by atoms with Gasteiger partial charge in [0.2, 0.25) is 8.32 Å². The molecule has 0 aliphatic heterocycles. The van der Waals surface area contributed by atoms with E-state index in [4.69, 9.17) is 12.6 Å². The van der Waals surface area contributed by atoms with Crippen molar-refractivity contribution < 1.29 is 29.4 Å². The van der Waals surface area contributed by atoms with Gasteiger partial charge in [0.25, 0.3) is 0 Å². The van der Waals surface area contributed by atoms with Gasteiger partial charge in [0.05, 0.1) is 0 Å². The summed E-state index contributed by atoms with van der Waals surface area (Å²) in [6.07, 6.45) is 0. The summed E-state index contributed by atoms with van der Waals surface area (Å²) in [6, 6.07) is 0. The molecule has 1 atom stereocenters. The van der Waals surface area contributed by atoms with Gasteiger partial charge in [0, 0.05) is 0 Å². The van der Waals surface area contributed by atoms with Crippen molar-refractivity contribution in [3.8, 4) is 11.8 Å². The van der Waals surface area contributed by atoms with Gasteiger partial charge in [-0.05, 0) is 47.3 Å². The Morgan fingerprint density at radius 3 is 1.86 bits per heavy atom. The van der Waals surface area contributed by atoms with Gasteiger partial charge in [-0.25, -0.2) is 8.37 Å². The number of hydrogen-bond donors (Lipinski definition) is 1. The minimum absolute atomic E-state index is 1.23. The summed E-state index contributed by atoms with van der Waals surface area (Å²) in [5.41, 5.74) is -2.60. The Hall–Kier alpha value is -0.283. The van der Waals surface area contributed by atoms with Crippen molar-refractivity contribution in [2.75, 3.05) is 0 Å². The highest BCUT2D eigenvalue weighted by Crippen LogP contribution is 2.18. The summed E-state index contributed by atoms with van der Waals surface area (Å²) in [5.74, 6) is 5.12. The van der Waals surface area contributed by atoms with Crippen LogP contribution in [0.25, 0.3) is 0 Å². The van der Waals surface area contributed by atoms with Crippen LogP contribution < -0.4 is 0 Å². The second-order valence-electron chi connectivity index (χ2n) is 6.26. The SMILES string of the molecule is CC(C)(C#CC(C)(C)OS(=O)(=O)O[Si](C)(C)C)OS(=O)O. The third-order valence-electron chi connectivity index (χ3n) is 1.61. The molecule has 0 rings (SSSR count). The van der Waals surface area contributed by atoms with Crippen LogP contribution in [-0.2, 0) is 34.0 Å². The van der Waals surface area contributed by atoms with Gasteiger partial charge in [-0.1, -0.05) is 11.8 Å². The highest BCUT2D eigenvalue weighted by Gasteiger charge is 2.31. The zero-order valence-corrected chi connectivity index (χ0v) is 15.8. The Balaban J connectivity index is 5.06. The fraction of sp³-hybridized carbons (Fsp3) is 0.818. The van der Waals surface area contributed by atoms with Crippen molar-refractivity contribution in [3.05, 3.63) is 0 Å². The van der Waals surface area contributed by atoms with E-state index >= 15 is 0 Å². The molecule has 1 N–H and O–H groups in total. The molecule has 0 radical (unpaired) electrons. The Kier molecular flexibility index (Phi) is 6.77. The van der Waals surface area contributed by atoms with Gasteiger partial charge in [-0.2, -0.15) is 12.6 Å². The Bertz CT molecular complexity index is 549. The summed E-state index contributed by atoms with van der Waals surface area (Å²) in [4.78, 5) is 0. The highest BCUT2D eigenvalue weighted by molar-refractivity contribution is 7.83. The first-order chi connectivity index (χ1) is 9.04. The van der Waals surface area contributed by atoms with Crippen LogP contribution in [0.3, 0.4) is 0 Å². The van der Waals surface area contributed by atoms with E-state index in [0.717, 1.165) is 0 Å². The molecule has 0 bridgehead atoms. The van der Waals surface area contributed by atoms with Crippen molar-refractivity contribution in [2.45, 2.75) is 58.5 Å². The van der Waals surface area contributed by atoms with Crippen molar-refractivity contribution in [3.63, 3.8) is 0 Å². The minimum Gasteiger partial charge on any atom is -0.294 e. The Morgan fingerprint density at radius 2 is 1.48 bits per heavy atom. The van der Waals surface area contributed by atoms with Crippen LogP contribution in [0.4, 0.5) is 0 Å². The maximum absolute atomic E-state index is 11.8. The van der Waals surface area contributed by atoms with Crippen molar-refractivity contribution in [1.29, 1.82) is 0 Å². The largest absolute Gasteiger partial charge is 0.391 e. The molecular weight excluding hydrogens is 336 g/mol. The van der Waals surface area contributed by atoms with Gasteiger partial charge >= 0.3 is 21.8 Å². The van der Waals surface area contributed by atoms with Gasteiger partial charge in [-0.3, -0.25) is 8.42 Å². The van der Waals surface area contributed by atoms with Crippen molar-refractivity contribution in [2.24, 2.45) is 0 Å². The topological polar surface area (TPSA) is 99.1 Å². The molecule has 0 aromatic rings.